The van der Waals surface area contributed by atoms with E-state index in [-0.39, 0.29) is 0 Å². The van der Waals surface area contributed by atoms with E-state index in [1.807, 2.05) is 0 Å². The second-order valence-electron chi connectivity index (χ2n) is 3.51. The molecule has 0 aliphatic heterocycles. The molecule has 0 saturated heterocycles. The van der Waals surface area contributed by atoms with Gasteiger partial charge in [-0.2, -0.15) is 0 Å². The van der Waals surface area contributed by atoms with Gasteiger partial charge in [0, 0.05) is 0 Å². The molecule has 0 fully saturated rings. The fourth-order valence-electron chi connectivity index (χ4n) is 1.10. The highest BCUT2D eigenvalue weighted by molar-refractivity contribution is 7.37. The van der Waals surface area contributed by atoms with Crippen LogP contribution >= 0.6 is 8.58 Å². The fourth-order valence-corrected chi connectivity index (χ4v) is 2.35. The summed E-state index contributed by atoms with van der Waals surface area (Å²) in [6.07, 6.45) is 2.63. The molecule has 1 atom stereocenters. The van der Waals surface area contributed by atoms with Crippen LogP contribution in [0.5, 0.6) is 0 Å². The second kappa shape index (κ2) is 5.32. The average Bonchev–Trinajstić information content (AvgIpc) is 2.05. The normalized spacial score (nSPS) is 11.6. The van der Waals surface area contributed by atoms with E-state index in [1.165, 1.54) is 17.9 Å². The Bertz CT molecular complexity index is 204. The van der Waals surface area contributed by atoms with Crippen molar-refractivity contribution in [2.75, 3.05) is 6.16 Å². The third-order valence-electron chi connectivity index (χ3n) is 1.72. The first kappa shape index (κ1) is 9.74. The second-order valence-corrected chi connectivity index (χ2v) is 4.77. The largest absolute Gasteiger partial charge is 0.117 e. The molecule has 0 aliphatic carbocycles. The molecule has 0 bridgehead atoms. The predicted molar refractivity (Wildman–Crippen MR) is 58.2 cm³/mol. The molecule has 1 aromatic carbocycles. The van der Waals surface area contributed by atoms with Crippen LogP contribution in [0.3, 0.4) is 0 Å². The summed E-state index contributed by atoms with van der Waals surface area (Å²) >= 11 is 0. The highest BCUT2D eigenvalue weighted by Crippen LogP contribution is 2.20. The van der Waals surface area contributed by atoms with Crippen LogP contribution < -0.4 is 0 Å². The van der Waals surface area contributed by atoms with Crippen LogP contribution in [0.4, 0.5) is 0 Å². The van der Waals surface area contributed by atoms with E-state index >= 15 is 0 Å². The van der Waals surface area contributed by atoms with Gasteiger partial charge in [0.1, 0.15) is 0 Å². The van der Waals surface area contributed by atoms with Crippen LogP contribution in [0.2, 0.25) is 0 Å². The SMILES string of the molecule is CC(C)CPCc1ccccc1. The zero-order valence-corrected chi connectivity index (χ0v) is 8.88. The van der Waals surface area contributed by atoms with Gasteiger partial charge in [-0.05, 0) is 23.8 Å². The number of hydrogen-bond donors (Lipinski definition) is 0. The minimum atomic E-state index is 0.854. The van der Waals surface area contributed by atoms with Crippen LogP contribution in [0.15, 0.2) is 30.3 Å². The number of benzene rings is 1. The van der Waals surface area contributed by atoms with E-state index in [2.05, 4.69) is 44.2 Å². The lowest BCUT2D eigenvalue weighted by atomic mass is 10.2. The van der Waals surface area contributed by atoms with Gasteiger partial charge in [0.25, 0.3) is 0 Å². The Morgan fingerprint density at radius 1 is 1.17 bits per heavy atom. The molecule has 0 amide bonds. The molecule has 0 nitrogen and oxygen atoms in total. The van der Waals surface area contributed by atoms with Crippen molar-refractivity contribution in [3.8, 4) is 0 Å². The quantitative estimate of drug-likeness (QED) is 0.622. The van der Waals surface area contributed by atoms with Crippen molar-refractivity contribution < 1.29 is 0 Å². The summed E-state index contributed by atoms with van der Waals surface area (Å²) in [5, 5.41) is 0. The summed E-state index contributed by atoms with van der Waals surface area (Å²) in [4.78, 5) is 0. The van der Waals surface area contributed by atoms with Crippen molar-refractivity contribution in [2.45, 2.75) is 20.0 Å². The fraction of sp³-hybridized carbons (Fsp3) is 0.455. The summed E-state index contributed by atoms with van der Waals surface area (Å²) < 4.78 is 0. The van der Waals surface area contributed by atoms with Crippen molar-refractivity contribution in [2.24, 2.45) is 5.92 Å². The first-order valence-corrected chi connectivity index (χ1v) is 5.95. The van der Waals surface area contributed by atoms with Crippen LogP contribution in [-0.2, 0) is 6.16 Å². The molecule has 0 heterocycles. The molecule has 12 heavy (non-hydrogen) atoms. The van der Waals surface area contributed by atoms with Crippen LogP contribution in [0.1, 0.15) is 19.4 Å². The summed E-state index contributed by atoms with van der Waals surface area (Å²) in [7, 11) is 1.09. The summed E-state index contributed by atoms with van der Waals surface area (Å²) in [5.41, 5.74) is 1.48. The lowest BCUT2D eigenvalue weighted by Crippen LogP contribution is -1.89. The van der Waals surface area contributed by atoms with Crippen molar-refractivity contribution in [1.82, 2.24) is 0 Å². The Kier molecular flexibility index (Phi) is 4.32. The Morgan fingerprint density at radius 2 is 1.83 bits per heavy atom. The lowest BCUT2D eigenvalue weighted by molar-refractivity contribution is 0.747. The predicted octanol–water partition coefficient (Wildman–Crippen LogP) is 3.52. The highest BCUT2D eigenvalue weighted by Gasteiger charge is 1.94. The van der Waals surface area contributed by atoms with Crippen molar-refractivity contribution in [3.05, 3.63) is 35.9 Å². The van der Waals surface area contributed by atoms with Gasteiger partial charge in [-0.3, -0.25) is 0 Å². The molecule has 1 aromatic rings. The summed E-state index contributed by atoms with van der Waals surface area (Å²) in [6, 6.07) is 10.8. The number of hydrogen-bond acceptors (Lipinski definition) is 0. The average molecular weight is 180 g/mol. The third kappa shape index (κ3) is 3.88. The van der Waals surface area contributed by atoms with E-state index in [0.717, 1.165) is 14.5 Å². The molecule has 0 spiro atoms. The van der Waals surface area contributed by atoms with Crippen molar-refractivity contribution in [1.29, 1.82) is 0 Å². The topological polar surface area (TPSA) is 0 Å². The van der Waals surface area contributed by atoms with Crippen LogP contribution in [0, 0.1) is 5.92 Å². The maximum absolute atomic E-state index is 2.29. The molecule has 1 unspecified atom stereocenters. The minimum absolute atomic E-state index is 0.854. The Hall–Kier alpha value is -0.350. The monoisotopic (exact) mass is 180 g/mol. The van der Waals surface area contributed by atoms with E-state index in [4.69, 9.17) is 0 Å². The van der Waals surface area contributed by atoms with Crippen LogP contribution in [0.25, 0.3) is 0 Å². The highest BCUT2D eigenvalue weighted by atomic mass is 31.1. The van der Waals surface area contributed by atoms with Gasteiger partial charge < -0.3 is 0 Å². The Morgan fingerprint density at radius 3 is 2.42 bits per heavy atom. The standard InChI is InChI=1S/C11H17P/c1-10(2)8-12-9-11-6-4-3-5-7-11/h3-7,10,12H,8-9H2,1-2H3. The first-order valence-electron chi connectivity index (χ1n) is 4.53. The van der Waals surface area contributed by atoms with Gasteiger partial charge in [-0.25, -0.2) is 0 Å². The molecule has 1 rings (SSSR count). The molecule has 66 valence electrons. The summed E-state index contributed by atoms with van der Waals surface area (Å²) in [6.45, 7) is 4.58. The lowest BCUT2D eigenvalue weighted by Gasteiger charge is -2.04. The smallest absolute Gasteiger partial charge is 0.0101 e. The molecule has 0 aromatic heterocycles. The third-order valence-corrected chi connectivity index (χ3v) is 3.49. The van der Waals surface area contributed by atoms with Crippen molar-refractivity contribution in [3.63, 3.8) is 0 Å². The summed E-state index contributed by atoms with van der Waals surface area (Å²) in [5.74, 6) is 0.854. The van der Waals surface area contributed by atoms with Crippen LogP contribution in [-0.4, -0.2) is 6.16 Å². The molecule has 0 saturated carbocycles. The molecule has 0 N–H and O–H groups in total. The molecule has 1 heteroatoms. The molecular weight excluding hydrogens is 163 g/mol. The van der Waals surface area contributed by atoms with E-state index in [1.54, 1.807) is 0 Å². The zero-order chi connectivity index (χ0) is 8.81. The number of rotatable bonds is 4. The minimum Gasteiger partial charge on any atom is -0.117 e. The van der Waals surface area contributed by atoms with Gasteiger partial charge in [0.2, 0.25) is 0 Å². The van der Waals surface area contributed by atoms with Gasteiger partial charge in [-0.15, -0.1) is 8.58 Å². The maximum Gasteiger partial charge on any atom is -0.0101 e. The van der Waals surface area contributed by atoms with Gasteiger partial charge >= 0.3 is 0 Å². The Balaban J connectivity index is 2.25. The zero-order valence-electron chi connectivity index (χ0n) is 7.88. The van der Waals surface area contributed by atoms with Crippen molar-refractivity contribution >= 4 is 8.58 Å². The van der Waals surface area contributed by atoms with E-state index < -0.39 is 0 Å². The van der Waals surface area contributed by atoms with E-state index in [0.29, 0.717) is 0 Å². The van der Waals surface area contributed by atoms with Gasteiger partial charge in [0.05, 0.1) is 0 Å². The first-order chi connectivity index (χ1) is 5.79. The Labute approximate surface area is 77.2 Å². The van der Waals surface area contributed by atoms with Gasteiger partial charge in [0.15, 0.2) is 0 Å². The van der Waals surface area contributed by atoms with E-state index in [9.17, 15) is 0 Å². The van der Waals surface area contributed by atoms with Gasteiger partial charge in [-0.1, -0.05) is 44.2 Å². The molecule has 0 radical (unpaired) electrons. The maximum atomic E-state index is 2.29. The molecular formula is C11H17P. The molecule has 0 aliphatic rings.